The molecular formula is C18H15F2NO3. The molecule has 4 nitrogen and oxygen atoms in total. The van der Waals surface area contributed by atoms with Gasteiger partial charge in [-0.15, -0.1) is 0 Å². The summed E-state index contributed by atoms with van der Waals surface area (Å²) in [6, 6.07) is 8.91. The maximum Gasteiger partial charge on any atom is 0.244 e. The molecule has 124 valence electrons. The molecule has 1 heterocycles. The summed E-state index contributed by atoms with van der Waals surface area (Å²) in [6.07, 6.45) is 2.40. The van der Waals surface area contributed by atoms with Gasteiger partial charge in [0, 0.05) is 11.6 Å². The molecule has 2 aromatic rings. The molecule has 0 spiro atoms. The monoisotopic (exact) mass is 331 g/mol. The van der Waals surface area contributed by atoms with E-state index in [9.17, 15) is 13.6 Å². The summed E-state index contributed by atoms with van der Waals surface area (Å²) >= 11 is 0. The smallest absolute Gasteiger partial charge is 0.244 e. The van der Waals surface area contributed by atoms with Gasteiger partial charge in [0.25, 0.3) is 0 Å². The minimum absolute atomic E-state index is 0.0147. The topological polar surface area (TPSA) is 47.6 Å². The van der Waals surface area contributed by atoms with Crippen molar-refractivity contribution in [2.24, 2.45) is 0 Å². The second kappa shape index (κ2) is 6.70. The van der Waals surface area contributed by atoms with Crippen LogP contribution in [0.4, 0.5) is 8.78 Å². The standard InChI is InChI=1S/C18H15F2NO3/c1-11(13-5-7-15-16(9-13)24-10-23-15)21-17(22)8-6-12-3-2-4-14(19)18(12)20/h2-9,11H,10H2,1H3,(H,21,22). The molecule has 0 fully saturated rings. The van der Waals surface area contributed by atoms with Crippen molar-refractivity contribution in [1.29, 1.82) is 0 Å². The Bertz CT molecular complexity index is 805. The van der Waals surface area contributed by atoms with Crippen LogP contribution in [0.5, 0.6) is 11.5 Å². The van der Waals surface area contributed by atoms with Crippen LogP contribution in [0.2, 0.25) is 0 Å². The van der Waals surface area contributed by atoms with Crippen molar-refractivity contribution in [3.05, 3.63) is 65.2 Å². The number of ether oxygens (including phenoxy) is 2. The zero-order valence-electron chi connectivity index (χ0n) is 12.9. The molecule has 0 aliphatic carbocycles. The van der Waals surface area contributed by atoms with Gasteiger partial charge in [-0.3, -0.25) is 4.79 Å². The van der Waals surface area contributed by atoms with Gasteiger partial charge < -0.3 is 14.8 Å². The van der Waals surface area contributed by atoms with Crippen molar-refractivity contribution in [3.63, 3.8) is 0 Å². The first kappa shape index (κ1) is 16.0. The van der Waals surface area contributed by atoms with E-state index in [0.29, 0.717) is 11.5 Å². The zero-order valence-corrected chi connectivity index (χ0v) is 12.9. The minimum atomic E-state index is -0.981. The molecule has 0 bridgehead atoms. The third kappa shape index (κ3) is 3.37. The van der Waals surface area contributed by atoms with Gasteiger partial charge in [0.1, 0.15) is 0 Å². The quantitative estimate of drug-likeness (QED) is 0.871. The molecule has 0 aromatic heterocycles. The Morgan fingerprint density at radius 2 is 2.00 bits per heavy atom. The normalized spacial score (nSPS) is 14.0. The molecule has 1 unspecified atom stereocenters. The summed E-state index contributed by atoms with van der Waals surface area (Å²) in [4.78, 5) is 12.0. The lowest BCUT2D eigenvalue weighted by atomic mass is 10.1. The fraction of sp³-hybridized carbons (Fsp3) is 0.167. The van der Waals surface area contributed by atoms with Gasteiger partial charge in [0.05, 0.1) is 6.04 Å². The number of rotatable bonds is 4. The van der Waals surface area contributed by atoms with Gasteiger partial charge in [-0.1, -0.05) is 18.2 Å². The number of nitrogens with one attached hydrogen (secondary N) is 1. The summed E-state index contributed by atoms with van der Waals surface area (Å²) in [5.74, 6) is -1.05. The number of amides is 1. The molecule has 3 rings (SSSR count). The van der Waals surface area contributed by atoms with Gasteiger partial charge >= 0.3 is 0 Å². The molecule has 0 saturated carbocycles. The van der Waals surface area contributed by atoms with Crippen LogP contribution in [0.1, 0.15) is 24.1 Å². The van der Waals surface area contributed by atoms with Crippen LogP contribution < -0.4 is 14.8 Å². The van der Waals surface area contributed by atoms with Crippen molar-refractivity contribution in [2.75, 3.05) is 6.79 Å². The molecule has 24 heavy (non-hydrogen) atoms. The maximum atomic E-state index is 13.5. The SMILES string of the molecule is CC(NC(=O)C=Cc1cccc(F)c1F)c1ccc2c(c1)OCO2. The number of benzene rings is 2. The number of halogens is 2. The van der Waals surface area contributed by atoms with Crippen molar-refractivity contribution in [1.82, 2.24) is 5.32 Å². The van der Waals surface area contributed by atoms with E-state index in [1.807, 2.05) is 13.0 Å². The minimum Gasteiger partial charge on any atom is -0.454 e. The van der Waals surface area contributed by atoms with Crippen LogP contribution in [0.3, 0.4) is 0 Å². The Kier molecular flexibility index (Phi) is 4.46. The highest BCUT2D eigenvalue weighted by atomic mass is 19.2. The molecule has 6 heteroatoms. The van der Waals surface area contributed by atoms with E-state index < -0.39 is 17.5 Å². The Balaban J connectivity index is 1.66. The summed E-state index contributed by atoms with van der Waals surface area (Å²) in [7, 11) is 0. The summed E-state index contributed by atoms with van der Waals surface area (Å²) < 4.78 is 37.2. The first-order valence-corrected chi connectivity index (χ1v) is 7.37. The lowest BCUT2D eigenvalue weighted by Crippen LogP contribution is -2.24. The van der Waals surface area contributed by atoms with E-state index in [0.717, 1.165) is 11.6 Å². The van der Waals surface area contributed by atoms with E-state index in [-0.39, 0.29) is 18.4 Å². The maximum absolute atomic E-state index is 13.5. The number of hydrogen-bond acceptors (Lipinski definition) is 3. The van der Waals surface area contributed by atoms with Crippen LogP contribution in [0.25, 0.3) is 6.08 Å². The highest BCUT2D eigenvalue weighted by molar-refractivity contribution is 5.92. The number of carbonyl (C=O) groups is 1. The number of fused-ring (bicyclic) bond motifs is 1. The average Bonchev–Trinajstić information content (AvgIpc) is 3.03. The predicted octanol–water partition coefficient (Wildman–Crippen LogP) is 3.58. The van der Waals surface area contributed by atoms with E-state index >= 15 is 0 Å². The highest BCUT2D eigenvalue weighted by Gasteiger charge is 2.16. The Morgan fingerprint density at radius 1 is 1.21 bits per heavy atom. The van der Waals surface area contributed by atoms with Gasteiger partial charge in [-0.25, -0.2) is 8.78 Å². The van der Waals surface area contributed by atoms with Crippen molar-refractivity contribution >= 4 is 12.0 Å². The molecule has 1 amide bonds. The lowest BCUT2D eigenvalue weighted by molar-refractivity contribution is -0.117. The molecular weight excluding hydrogens is 316 g/mol. The van der Waals surface area contributed by atoms with Crippen molar-refractivity contribution < 1.29 is 23.0 Å². The Morgan fingerprint density at radius 3 is 2.83 bits per heavy atom. The summed E-state index contributed by atoms with van der Waals surface area (Å²) in [6.45, 7) is 1.99. The molecule has 1 atom stereocenters. The Labute approximate surface area is 137 Å². The average molecular weight is 331 g/mol. The van der Waals surface area contributed by atoms with Crippen molar-refractivity contribution in [3.8, 4) is 11.5 Å². The van der Waals surface area contributed by atoms with E-state index in [1.165, 1.54) is 24.3 Å². The van der Waals surface area contributed by atoms with Crippen LogP contribution in [0, 0.1) is 11.6 Å². The Hall–Kier alpha value is -2.89. The van der Waals surface area contributed by atoms with E-state index in [2.05, 4.69) is 5.32 Å². The van der Waals surface area contributed by atoms with E-state index in [1.54, 1.807) is 12.1 Å². The molecule has 2 aromatic carbocycles. The molecule has 1 aliphatic rings. The first-order valence-electron chi connectivity index (χ1n) is 7.37. The number of hydrogen-bond donors (Lipinski definition) is 1. The summed E-state index contributed by atoms with van der Waals surface area (Å²) in [5, 5.41) is 2.75. The fourth-order valence-electron chi connectivity index (χ4n) is 2.34. The van der Waals surface area contributed by atoms with E-state index in [4.69, 9.17) is 9.47 Å². The van der Waals surface area contributed by atoms with Crippen molar-refractivity contribution in [2.45, 2.75) is 13.0 Å². The lowest BCUT2D eigenvalue weighted by Gasteiger charge is -2.13. The highest BCUT2D eigenvalue weighted by Crippen LogP contribution is 2.34. The third-order valence-corrected chi connectivity index (χ3v) is 3.65. The predicted molar refractivity (Wildman–Crippen MR) is 84.5 cm³/mol. The zero-order chi connectivity index (χ0) is 17.1. The fourth-order valence-corrected chi connectivity index (χ4v) is 2.34. The largest absolute Gasteiger partial charge is 0.454 e. The number of carbonyl (C=O) groups excluding carboxylic acids is 1. The second-order valence-corrected chi connectivity index (χ2v) is 5.32. The summed E-state index contributed by atoms with van der Waals surface area (Å²) in [5.41, 5.74) is 0.860. The van der Waals surface area contributed by atoms with Crippen LogP contribution >= 0.6 is 0 Å². The molecule has 0 saturated heterocycles. The van der Waals surface area contributed by atoms with Crippen LogP contribution in [0.15, 0.2) is 42.5 Å². The first-order chi connectivity index (χ1) is 11.5. The second-order valence-electron chi connectivity index (χ2n) is 5.32. The van der Waals surface area contributed by atoms with Gasteiger partial charge in [0.15, 0.2) is 23.1 Å². The van der Waals surface area contributed by atoms with Crippen LogP contribution in [-0.4, -0.2) is 12.7 Å². The van der Waals surface area contributed by atoms with Gasteiger partial charge in [-0.05, 0) is 36.8 Å². The van der Waals surface area contributed by atoms with Gasteiger partial charge in [0.2, 0.25) is 12.7 Å². The van der Waals surface area contributed by atoms with Gasteiger partial charge in [-0.2, -0.15) is 0 Å². The molecule has 1 aliphatic heterocycles. The van der Waals surface area contributed by atoms with Crippen LogP contribution in [-0.2, 0) is 4.79 Å². The molecule has 1 N–H and O–H groups in total. The third-order valence-electron chi connectivity index (χ3n) is 3.65. The molecule has 0 radical (unpaired) electrons.